The Labute approximate surface area is 227 Å². The van der Waals surface area contributed by atoms with Gasteiger partial charge in [0.2, 0.25) is 10.0 Å². The smallest absolute Gasteiger partial charge is 0.304 e. The van der Waals surface area contributed by atoms with Crippen molar-refractivity contribution in [1.29, 1.82) is 0 Å². The number of nitrogens with zero attached hydrogens (tertiary/aromatic N) is 5. The van der Waals surface area contributed by atoms with Crippen LogP contribution < -0.4 is 9.64 Å². The lowest BCUT2D eigenvalue weighted by molar-refractivity contribution is -0.137. The first-order valence-electron chi connectivity index (χ1n) is 12.6. The lowest BCUT2D eigenvalue weighted by Gasteiger charge is -2.23. The Kier molecular flexibility index (Phi) is 7.04. The van der Waals surface area contributed by atoms with Gasteiger partial charge in [0.15, 0.2) is 0 Å². The number of ether oxygens (including phenoxy) is 1. The summed E-state index contributed by atoms with van der Waals surface area (Å²) in [5.41, 5.74) is 5.25. The van der Waals surface area contributed by atoms with Crippen LogP contribution in [-0.2, 0) is 28.4 Å². The average molecular weight is 550 g/mol. The van der Waals surface area contributed by atoms with Gasteiger partial charge in [0, 0.05) is 39.6 Å². The van der Waals surface area contributed by atoms with Gasteiger partial charge in [-0.1, -0.05) is 35.5 Å². The molecule has 0 saturated carbocycles. The number of anilines is 1. The third kappa shape index (κ3) is 4.95. The van der Waals surface area contributed by atoms with Crippen LogP contribution in [0.3, 0.4) is 0 Å². The largest absolute Gasteiger partial charge is 0.494 e. The number of hydrogen-bond acceptors (Lipinski definition) is 7. The molecule has 0 aliphatic carbocycles. The molecule has 2 heterocycles. The molecule has 0 fully saturated rings. The zero-order chi connectivity index (χ0) is 27.9. The van der Waals surface area contributed by atoms with Crippen LogP contribution in [0.15, 0.2) is 59.5 Å². The minimum atomic E-state index is -3.74. The van der Waals surface area contributed by atoms with Gasteiger partial charge < -0.3 is 14.7 Å². The summed E-state index contributed by atoms with van der Waals surface area (Å²) in [6, 6.07) is 16.4. The fourth-order valence-electron chi connectivity index (χ4n) is 5.20. The lowest BCUT2D eigenvalue weighted by Crippen LogP contribution is -2.33. The Balaban J connectivity index is 1.55. The van der Waals surface area contributed by atoms with Crippen molar-refractivity contribution in [2.24, 2.45) is 7.05 Å². The number of likely N-dealkylation sites (N-methyl/N-ethyl adjacent to an activating group) is 1. The summed E-state index contributed by atoms with van der Waals surface area (Å²) >= 11 is 0. The van der Waals surface area contributed by atoms with Crippen LogP contribution in [0.2, 0.25) is 0 Å². The van der Waals surface area contributed by atoms with Gasteiger partial charge in [0.25, 0.3) is 0 Å². The summed E-state index contributed by atoms with van der Waals surface area (Å²) < 4.78 is 36.0. The van der Waals surface area contributed by atoms with E-state index in [0.29, 0.717) is 30.0 Å². The Morgan fingerprint density at radius 2 is 1.85 bits per heavy atom. The number of para-hydroxylation sites is 1. The van der Waals surface area contributed by atoms with Crippen molar-refractivity contribution in [2.45, 2.75) is 30.7 Å². The minimum Gasteiger partial charge on any atom is -0.494 e. The quantitative estimate of drug-likeness (QED) is 0.372. The fraction of sp³-hybridized carbons (Fsp3) is 0.321. The maximum Gasteiger partial charge on any atom is 0.304 e. The van der Waals surface area contributed by atoms with E-state index in [9.17, 15) is 18.3 Å². The summed E-state index contributed by atoms with van der Waals surface area (Å²) in [6.07, 6.45) is -0.155. The second-order valence-corrected chi connectivity index (χ2v) is 11.8. The van der Waals surface area contributed by atoms with E-state index in [1.165, 1.54) is 4.31 Å². The zero-order valence-electron chi connectivity index (χ0n) is 22.3. The highest BCUT2D eigenvalue weighted by Crippen LogP contribution is 2.36. The van der Waals surface area contributed by atoms with E-state index in [1.54, 1.807) is 31.0 Å². The molecule has 5 rings (SSSR count). The number of aryl methyl sites for hydroxylation is 2. The molecule has 1 unspecified atom stereocenters. The molecule has 0 spiro atoms. The second-order valence-electron chi connectivity index (χ2n) is 9.87. The van der Waals surface area contributed by atoms with Crippen LogP contribution in [-0.4, -0.2) is 66.0 Å². The highest BCUT2D eigenvalue weighted by Gasteiger charge is 2.32. The summed E-state index contributed by atoms with van der Waals surface area (Å²) in [5.74, 6) is -0.902. The predicted octanol–water partition coefficient (Wildman–Crippen LogP) is 3.53. The fourth-order valence-corrected chi connectivity index (χ4v) is 6.85. The maximum absolute atomic E-state index is 13.7. The molecule has 1 N–H and O–H groups in total. The third-order valence-electron chi connectivity index (χ3n) is 7.39. The first kappa shape index (κ1) is 26.6. The van der Waals surface area contributed by atoms with Gasteiger partial charge in [-0.15, -0.1) is 5.10 Å². The van der Waals surface area contributed by atoms with Crippen molar-refractivity contribution in [2.75, 3.05) is 32.1 Å². The summed E-state index contributed by atoms with van der Waals surface area (Å²) in [5, 5.41) is 18.1. The summed E-state index contributed by atoms with van der Waals surface area (Å²) in [7, 11) is 1.48. The topological polar surface area (TPSA) is 118 Å². The van der Waals surface area contributed by atoms with Gasteiger partial charge in [-0.2, -0.15) is 4.31 Å². The number of aliphatic carboxylic acids is 1. The van der Waals surface area contributed by atoms with Gasteiger partial charge in [-0.3, -0.25) is 4.79 Å². The number of fused-ring (bicyclic) bond motifs is 2. The Bertz CT molecular complexity index is 1670. The van der Waals surface area contributed by atoms with Gasteiger partial charge in [-0.05, 0) is 53.4 Å². The van der Waals surface area contributed by atoms with E-state index in [4.69, 9.17) is 4.74 Å². The molecular weight excluding hydrogens is 518 g/mol. The summed E-state index contributed by atoms with van der Waals surface area (Å²) in [6.45, 7) is 2.99. The zero-order valence-corrected chi connectivity index (χ0v) is 23.1. The predicted molar refractivity (Wildman–Crippen MR) is 148 cm³/mol. The maximum atomic E-state index is 13.7. The Morgan fingerprint density at radius 1 is 1.08 bits per heavy atom. The molecule has 39 heavy (non-hydrogen) atoms. The highest BCUT2D eigenvalue weighted by molar-refractivity contribution is 7.89. The number of benzene rings is 3. The van der Waals surface area contributed by atoms with Crippen molar-refractivity contribution in [3.05, 3.63) is 76.9 Å². The normalized spacial score (nSPS) is 16.1. The number of carboxylic acid groups (broad SMARTS) is 1. The molecule has 0 bridgehead atoms. The molecule has 1 aromatic heterocycles. The molecule has 0 radical (unpaired) electrons. The van der Waals surface area contributed by atoms with E-state index >= 15 is 0 Å². The molecule has 0 saturated heterocycles. The molecule has 1 aliphatic rings. The number of sulfonamides is 1. The van der Waals surface area contributed by atoms with Crippen LogP contribution in [0.25, 0.3) is 11.0 Å². The van der Waals surface area contributed by atoms with E-state index in [-0.39, 0.29) is 17.9 Å². The monoisotopic (exact) mass is 549 g/mol. The van der Waals surface area contributed by atoms with Crippen LogP contribution in [0, 0.1) is 6.92 Å². The number of aromatic nitrogens is 3. The molecule has 10 nitrogen and oxygen atoms in total. The minimum absolute atomic E-state index is 0.155. The van der Waals surface area contributed by atoms with E-state index in [2.05, 4.69) is 10.3 Å². The van der Waals surface area contributed by atoms with E-state index < -0.39 is 21.9 Å². The first-order valence-corrected chi connectivity index (χ1v) is 14.0. The van der Waals surface area contributed by atoms with Gasteiger partial charge >= 0.3 is 5.97 Å². The van der Waals surface area contributed by atoms with Gasteiger partial charge in [0.1, 0.15) is 21.7 Å². The second kappa shape index (κ2) is 10.3. The molecule has 1 atom stereocenters. The molecule has 1 aliphatic heterocycles. The van der Waals surface area contributed by atoms with Crippen LogP contribution in [0.1, 0.15) is 34.6 Å². The Hall–Kier alpha value is -3.96. The molecule has 0 amide bonds. The molecule has 4 aromatic rings. The average Bonchev–Trinajstić information content (AvgIpc) is 3.26. The molecule has 11 heteroatoms. The van der Waals surface area contributed by atoms with Crippen molar-refractivity contribution in [1.82, 2.24) is 19.3 Å². The van der Waals surface area contributed by atoms with Crippen molar-refractivity contribution in [3.8, 4) is 5.75 Å². The SMILES string of the molecule is COc1cc(C(CC(=O)O)c2ccc(C)c(CN3CCN(C)c4ccccc4S3(=O)=O)c2)cc2nnn(C)c12. The summed E-state index contributed by atoms with van der Waals surface area (Å²) in [4.78, 5) is 14.2. The third-order valence-corrected chi connectivity index (χ3v) is 9.28. The lowest BCUT2D eigenvalue weighted by atomic mass is 9.86. The van der Waals surface area contributed by atoms with Gasteiger partial charge in [0.05, 0.1) is 19.2 Å². The molecule has 3 aromatic carbocycles. The first-order chi connectivity index (χ1) is 18.6. The number of carbonyl (C=O) groups is 1. The highest BCUT2D eigenvalue weighted by atomic mass is 32.2. The number of methoxy groups -OCH3 is 1. The van der Waals surface area contributed by atoms with Crippen LogP contribution in [0.4, 0.5) is 5.69 Å². The number of rotatable bonds is 7. The van der Waals surface area contributed by atoms with Crippen molar-refractivity contribution in [3.63, 3.8) is 0 Å². The van der Waals surface area contributed by atoms with Crippen LogP contribution in [0.5, 0.6) is 5.75 Å². The van der Waals surface area contributed by atoms with E-state index in [1.807, 2.05) is 61.3 Å². The van der Waals surface area contributed by atoms with Gasteiger partial charge in [-0.25, -0.2) is 13.1 Å². The Morgan fingerprint density at radius 3 is 2.59 bits per heavy atom. The van der Waals surface area contributed by atoms with Crippen molar-refractivity contribution < 1.29 is 23.1 Å². The number of carboxylic acids is 1. The molecular formula is C28H31N5O5S. The van der Waals surface area contributed by atoms with Crippen molar-refractivity contribution >= 4 is 32.7 Å². The molecule has 204 valence electrons. The van der Waals surface area contributed by atoms with E-state index in [0.717, 1.165) is 27.8 Å². The standard InChI is InChI=1S/C28H31N5O5S/c1-18-9-10-19(22(16-27(34)35)20-14-23-28(25(15-20)38-4)32(3)30-29-23)13-21(18)17-33-12-11-31(2)24-7-5-6-8-26(24)39(33,36)37/h5-10,13-15,22H,11-12,16-17H2,1-4H3,(H,34,35). The van der Waals surface area contributed by atoms with Crippen LogP contribution >= 0.6 is 0 Å². The number of hydrogen-bond donors (Lipinski definition) is 1.